The van der Waals surface area contributed by atoms with Gasteiger partial charge in [-0.3, -0.25) is 32.4 Å². The van der Waals surface area contributed by atoms with E-state index in [1.165, 1.54) is 28.0 Å². The highest BCUT2D eigenvalue weighted by Crippen LogP contribution is 2.54. The Morgan fingerprint density at radius 3 is 2.42 bits per heavy atom. The van der Waals surface area contributed by atoms with Gasteiger partial charge < -0.3 is 41.4 Å². The molecule has 2 bridgehead atoms. The number of nitrogens with zero attached hydrogens (tertiary/aromatic N) is 6. The molecular weight excluding hydrogens is 642 g/mol. The normalized spacial score (nSPS) is 37.7. The van der Waals surface area contributed by atoms with Crippen LogP contribution in [0.1, 0.15) is 18.7 Å². The van der Waals surface area contributed by atoms with Crippen molar-refractivity contribution < 1.29 is 46.9 Å². The summed E-state index contributed by atoms with van der Waals surface area (Å²) in [5, 5.41) is 11.1. The molecular formula is C22H28N10O11P2. The first-order chi connectivity index (χ1) is 21.3. The van der Waals surface area contributed by atoms with Gasteiger partial charge in [-0.15, -0.1) is 0 Å². The molecule has 45 heavy (non-hydrogen) atoms. The Labute approximate surface area is 251 Å². The van der Waals surface area contributed by atoms with Crippen molar-refractivity contribution in [2.45, 2.75) is 49.1 Å². The van der Waals surface area contributed by atoms with Crippen LogP contribution in [0.3, 0.4) is 0 Å². The number of aromatic nitrogens is 7. The van der Waals surface area contributed by atoms with E-state index in [1.807, 2.05) is 0 Å². The van der Waals surface area contributed by atoms with Crippen molar-refractivity contribution in [1.82, 2.24) is 34.1 Å². The quantitative estimate of drug-likeness (QED) is 0.124. The number of aromatic amines is 1. The number of nitrogens with two attached hydrogens (primary N) is 3. The first-order valence-electron chi connectivity index (χ1n) is 13.5. The summed E-state index contributed by atoms with van der Waals surface area (Å²) >= 11 is 0. The summed E-state index contributed by atoms with van der Waals surface area (Å²) in [6, 6.07) is -0.576. The Bertz CT molecular complexity index is 1930. The van der Waals surface area contributed by atoms with Crippen LogP contribution in [-0.2, 0) is 32.0 Å². The Kier molecular flexibility index (Phi) is 7.34. The van der Waals surface area contributed by atoms with Gasteiger partial charge in [0.15, 0.2) is 23.0 Å². The van der Waals surface area contributed by atoms with Crippen LogP contribution in [0.4, 0.5) is 11.6 Å². The summed E-state index contributed by atoms with van der Waals surface area (Å²) in [6.45, 7) is -1.25. The number of nitrogen functional groups attached to an aromatic ring is 2. The number of anilines is 2. The van der Waals surface area contributed by atoms with E-state index in [2.05, 4.69) is 24.9 Å². The molecule has 23 heteroatoms. The third-order valence-corrected chi connectivity index (χ3v) is 10.0. The molecule has 2 saturated heterocycles. The number of rotatable bonds is 2. The number of H-pyrrole nitrogens is 1. The third-order valence-electron chi connectivity index (χ3n) is 8.07. The first kappa shape index (κ1) is 30.3. The fourth-order valence-corrected chi connectivity index (χ4v) is 7.98. The molecule has 10 N–H and O–H groups in total. The van der Waals surface area contributed by atoms with Crippen LogP contribution in [0, 0.1) is 5.92 Å². The van der Waals surface area contributed by atoms with Crippen molar-refractivity contribution in [3.63, 3.8) is 0 Å². The van der Waals surface area contributed by atoms with E-state index >= 15 is 0 Å². The van der Waals surface area contributed by atoms with Gasteiger partial charge in [0, 0.05) is 12.1 Å². The monoisotopic (exact) mass is 670 g/mol. The predicted molar refractivity (Wildman–Crippen MR) is 151 cm³/mol. The lowest BCUT2D eigenvalue weighted by atomic mass is 10.1. The van der Waals surface area contributed by atoms with Crippen molar-refractivity contribution in [2.75, 3.05) is 24.7 Å². The van der Waals surface area contributed by atoms with Crippen LogP contribution in [0.25, 0.3) is 22.3 Å². The highest BCUT2D eigenvalue weighted by atomic mass is 31.2. The smallest absolute Gasteiger partial charge is 0.397 e. The number of aliphatic hydroxyl groups is 1. The van der Waals surface area contributed by atoms with Crippen LogP contribution in [0.2, 0.25) is 0 Å². The van der Waals surface area contributed by atoms with E-state index in [1.54, 1.807) is 6.07 Å². The van der Waals surface area contributed by atoms with Gasteiger partial charge in [-0.1, -0.05) is 0 Å². The van der Waals surface area contributed by atoms with Gasteiger partial charge in [-0.05, 0) is 12.5 Å². The van der Waals surface area contributed by atoms with Gasteiger partial charge in [-0.2, -0.15) is 4.98 Å². The van der Waals surface area contributed by atoms with Crippen molar-refractivity contribution >= 4 is 49.6 Å². The van der Waals surface area contributed by atoms with Gasteiger partial charge in [0.25, 0.3) is 5.56 Å². The number of pyridine rings is 1. The average Bonchev–Trinajstić information content (AvgIpc) is 3.72. The summed E-state index contributed by atoms with van der Waals surface area (Å²) in [6.07, 6.45) is -2.76. The largest absolute Gasteiger partial charge is 0.472 e. The predicted octanol–water partition coefficient (Wildman–Crippen LogP) is -1.11. The number of imidazole rings is 2. The van der Waals surface area contributed by atoms with Gasteiger partial charge in [0.05, 0.1) is 49.7 Å². The highest BCUT2D eigenvalue weighted by Gasteiger charge is 2.52. The molecule has 0 amide bonds. The molecule has 6 heterocycles. The van der Waals surface area contributed by atoms with E-state index in [4.69, 9.17) is 40.0 Å². The van der Waals surface area contributed by atoms with E-state index in [0.29, 0.717) is 16.9 Å². The number of phosphoric ester groups is 2. The highest BCUT2D eigenvalue weighted by molar-refractivity contribution is 7.47. The Morgan fingerprint density at radius 2 is 1.64 bits per heavy atom. The zero-order valence-corrected chi connectivity index (χ0v) is 24.8. The minimum absolute atomic E-state index is 0.0140. The number of hydrogen-bond acceptors (Lipinski definition) is 16. The first-order valence-corrected chi connectivity index (χ1v) is 16.5. The summed E-state index contributed by atoms with van der Waals surface area (Å²) < 4.78 is 56.7. The second-order valence-electron chi connectivity index (χ2n) is 10.9. The van der Waals surface area contributed by atoms with E-state index in [0.717, 1.165) is 0 Å². The fraction of sp³-hybridized carbons (Fsp3) is 0.500. The lowest BCUT2D eigenvalue weighted by molar-refractivity contribution is -0.0489. The maximum atomic E-state index is 13.3. The van der Waals surface area contributed by atoms with Gasteiger partial charge in [0.1, 0.15) is 23.8 Å². The zero-order chi connectivity index (χ0) is 31.8. The summed E-state index contributed by atoms with van der Waals surface area (Å²) in [5.41, 5.74) is 18.4. The van der Waals surface area contributed by atoms with E-state index < -0.39 is 83.1 Å². The van der Waals surface area contributed by atoms with E-state index in [9.17, 15) is 28.8 Å². The lowest BCUT2D eigenvalue weighted by Gasteiger charge is -2.26. The zero-order valence-electron chi connectivity index (χ0n) is 23.0. The van der Waals surface area contributed by atoms with Crippen LogP contribution >= 0.6 is 15.6 Å². The Balaban J connectivity index is 1.21. The number of aliphatic hydroxyl groups excluding tert-OH is 1. The van der Waals surface area contributed by atoms with Gasteiger partial charge >= 0.3 is 15.6 Å². The Morgan fingerprint density at radius 1 is 0.956 bits per heavy atom. The topological polar surface area (TPSA) is 313 Å². The van der Waals surface area contributed by atoms with Crippen LogP contribution in [-0.4, -0.2) is 92.6 Å². The molecule has 3 fully saturated rings. The van der Waals surface area contributed by atoms with Crippen LogP contribution < -0.4 is 22.8 Å². The molecule has 0 spiro atoms. The SMILES string of the molecule is Nc1nc2c(ncn2[C@@H]2C[C@@H]3COP(=O)(O)OC4[C@@H](COP(=O)(O)O[C@H]2C3O)O[C@@H](n2cnc3c(N)ccnc32)[C@H]4N)c(=O)[nH]1. The Hall–Kier alpha value is -3.33. The van der Waals surface area contributed by atoms with Crippen molar-refractivity contribution in [2.24, 2.45) is 11.7 Å². The molecule has 21 nitrogen and oxygen atoms in total. The fourth-order valence-electron chi connectivity index (χ4n) is 5.98. The van der Waals surface area contributed by atoms with Crippen LogP contribution in [0.5, 0.6) is 0 Å². The minimum Gasteiger partial charge on any atom is -0.397 e. The summed E-state index contributed by atoms with van der Waals surface area (Å²) in [5.74, 6) is -1.15. The molecule has 0 aromatic carbocycles. The molecule has 242 valence electrons. The minimum atomic E-state index is -4.98. The van der Waals surface area contributed by atoms with E-state index in [-0.39, 0.29) is 23.5 Å². The van der Waals surface area contributed by atoms with Crippen LogP contribution in [0.15, 0.2) is 29.7 Å². The molecule has 2 aliphatic heterocycles. The number of phosphoric acid groups is 2. The van der Waals surface area contributed by atoms with Crippen molar-refractivity contribution in [3.8, 4) is 0 Å². The second kappa shape index (κ2) is 10.9. The maximum Gasteiger partial charge on any atom is 0.472 e. The van der Waals surface area contributed by atoms with Crippen molar-refractivity contribution in [3.05, 3.63) is 35.3 Å². The standard InChI is InChI=1S/C22H28N10O11P2/c23-9-1-2-26-18-13(9)27-7-32(18)21-12(24)17-11(41-21)5-40-45(37,38)42-16-10(3-8(15(16)33)4-39-44(35,36)43-17)31-6-28-14-19(31)29-22(25)30-20(14)34/h1-2,6-8,10-12,15-17,21,33H,3-5,24H2,(H2,23,26)(H,35,36)(H,37,38)(H3,25,29,30,34)/t8-,10-,11-,12+,15?,16-,17?,21-/m1/s1. The molecule has 7 rings (SSSR count). The molecule has 10 atom stereocenters. The molecule has 3 aliphatic rings. The van der Waals surface area contributed by atoms with Crippen molar-refractivity contribution in [1.29, 1.82) is 0 Å². The molecule has 4 aromatic rings. The number of fused-ring (bicyclic) bond motifs is 5. The summed E-state index contributed by atoms with van der Waals surface area (Å²) in [7, 11) is -9.88. The number of ether oxygens (including phenoxy) is 1. The average molecular weight is 670 g/mol. The molecule has 4 aromatic heterocycles. The molecule has 1 aliphatic carbocycles. The molecule has 0 radical (unpaired) electrons. The molecule has 4 unspecified atom stereocenters. The lowest BCUT2D eigenvalue weighted by Crippen LogP contribution is -2.41. The number of nitrogens with one attached hydrogen (secondary N) is 1. The summed E-state index contributed by atoms with van der Waals surface area (Å²) in [4.78, 5) is 52.8. The third kappa shape index (κ3) is 5.34. The van der Waals surface area contributed by atoms with Gasteiger partial charge in [-0.25, -0.2) is 24.1 Å². The maximum absolute atomic E-state index is 13.3. The second-order valence-corrected chi connectivity index (χ2v) is 13.7. The number of hydrogen-bond donors (Lipinski definition) is 7. The van der Waals surface area contributed by atoms with Gasteiger partial charge in [0.2, 0.25) is 5.95 Å². The molecule has 1 saturated carbocycles.